The number of nitriles is 1. The summed E-state index contributed by atoms with van der Waals surface area (Å²) < 4.78 is 5.23. The average Bonchev–Trinajstić information content (AvgIpc) is 2.45. The lowest BCUT2D eigenvalue weighted by Crippen LogP contribution is -2.10. The van der Waals surface area contributed by atoms with Crippen LogP contribution in [0.5, 0.6) is 5.75 Å². The van der Waals surface area contributed by atoms with Crippen molar-refractivity contribution in [2.75, 3.05) is 18.6 Å². The van der Waals surface area contributed by atoms with Gasteiger partial charge in [-0.15, -0.1) is 0 Å². The second-order valence-corrected chi connectivity index (χ2v) is 5.46. The smallest absolute Gasteiger partial charge is 0.144 e. The average molecular weight is 284 g/mol. The lowest BCUT2D eigenvalue weighted by molar-refractivity contribution is 0.414. The molecule has 3 rings (SSSR count). The van der Waals surface area contributed by atoms with Gasteiger partial charge in [0.1, 0.15) is 28.2 Å². The fourth-order valence-electron chi connectivity index (χ4n) is 2.22. The monoisotopic (exact) mass is 284 g/mol. The molecule has 0 amide bonds. The van der Waals surface area contributed by atoms with Crippen LogP contribution in [0.4, 0.5) is 11.5 Å². The molecule has 1 aliphatic rings. The molecule has 1 aromatic carbocycles. The minimum absolute atomic E-state index is 0.188. The number of nitrogen functional groups attached to an aromatic ring is 2. The van der Waals surface area contributed by atoms with Gasteiger partial charge in [-0.25, -0.2) is 4.98 Å². The van der Waals surface area contributed by atoms with Crippen molar-refractivity contribution >= 4 is 23.3 Å². The molecule has 5 nitrogen and oxygen atoms in total. The van der Waals surface area contributed by atoms with Gasteiger partial charge in [-0.05, 0) is 23.8 Å². The topological polar surface area (TPSA) is 98.0 Å². The number of benzene rings is 1. The Balaban J connectivity index is 2.14. The van der Waals surface area contributed by atoms with E-state index in [9.17, 15) is 0 Å². The number of methoxy groups -OCH3 is 1. The summed E-state index contributed by atoms with van der Waals surface area (Å²) in [6, 6.07) is 7.90. The van der Waals surface area contributed by atoms with Crippen LogP contribution in [-0.4, -0.2) is 12.1 Å². The van der Waals surface area contributed by atoms with Crippen LogP contribution < -0.4 is 16.2 Å². The Hall–Kier alpha value is -2.39. The van der Waals surface area contributed by atoms with E-state index in [1.54, 1.807) is 7.11 Å². The van der Waals surface area contributed by atoms with Crippen LogP contribution in [0.2, 0.25) is 0 Å². The van der Waals surface area contributed by atoms with Crippen LogP contribution in [-0.2, 0) is 6.42 Å². The van der Waals surface area contributed by atoms with Gasteiger partial charge < -0.3 is 16.2 Å². The first-order valence-corrected chi connectivity index (χ1v) is 6.78. The molecule has 0 saturated heterocycles. The molecule has 0 aliphatic carbocycles. The number of fused-ring (bicyclic) bond motifs is 2. The fourth-order valence-corrected chi connectivity index (χ4v) is 3.28. The van der Waals surface area contributed by atoms with Crippen molar-refractivity contribution in [3.63, 3.8) is 0 Å². The highest BCUT2D eigenvalue weighted by Crippen LogP contribution is 2.43. The lowest BCUT2D eigenvalue weighted by atomic mass is 10.0. The van der Waals surface area contributed by atoms with E-state index in [0.717, 1.165) is 26.8 Å². The summed E-state index contributed by atoms with van der Waals surface area (Å²) in [6.45, 7) is 0. The first-order chi connectivity index (χ1) is 9.63. The third-order valence-corrected chi connectivity index (χ3v) is 4.43. The molecule has 0 bridgehead atoms. The van der Waals surface area contributed by atoms with Gasteiger partial charge >= 0.3 is 0 Å². The zero-order valence-electron chi connectivity index (χ0n) is 10.8. The molecule has 20 heavy (non-hydrogen) atoms. The van der Waals surface area contributed by atoms with Crippen molar-refractivity contribution < 1.29 is 4.74 Å². The summed E-state index contributed by atoms with van der Waals surface area (Å²) in [4.78, 5) is 5.40. The Morgan fingerprint density at radius 2 is 2.20 bits per heavy atom. The number of hydrogen-bond acceptors (Lipinski definition) is 6. The van der Waals surface area contributed by atoms with E-state index >= 15 is 0 Å². The van der Waals surface area contributed by atoms with Crippen LogP contribution in [0.15, 0.2) is 28.1 Å². The molecule has 0 atom stereocenters. The number of rotatable bonds is 1. The summed E-state index contributed by atoms with van der Waals surface area (Å²) in [7, 11) is 1.63. The van der Waals surface area contributed by atoms with Crippen LogP contribution in [0.1, 0.15) is 16.7 Å². The first-order valence-electron chi connectivity index (χ1n) is 5.96. The first kappa shape index (κ1) is 12.6. The van der Waals surface area contributed by atoms with E-state index in [1.807, 2.05) is 24.3 Å². The van der Waals surface area contributed by atoms with E-state index < -0.39 is 0 Å². The van der Waals surface area contributed by atoms with Gasteiger partial charge in [0.25, 0.3) is 0 Å². The molecule has 4 N–H and O–H groups in total. The van der Waals surface area contributed by atoms with E-state index in [0.29, 0.717) is 12.1 Å². The highest BCUT2D eigenvalue weighted by Gasteiger charge is 2.23. The van der Waals surface area contributed by atoms with Gasteiger partial charge in [0, 0.05) is 16.9 Å². The number of ether oxygens (including phenoxy) is 1. The Kier molecular flexibility index (Phi) is 2.92. The molecule has 0 saturated carbocycles. The SMILES string of the molecule is COc1ccc2c(c1)Cc1c(nc(N)c(C#N)c1N)S2. The van der Waals surface area contributed by atoms with Crippen molar-refractivity contribution in [2.24, 2.45) is 0 Å². The maximum absolute atomic E-state index is 9.10. The van der Waals surface area contributed by atoms with E-state index in [1.165, 1.54) is 11.8 Å². The molecule has 2 heterocycles. The largest absolute Gasteiger partial charge is 0.497 e. The van der Waals surface area contributed by atoms with E-state index in [-0.39, 0.29) is 11.4 Å². The zero-order chi connectivity index (χ0) is 14.3. The Morgan fingerprint density at radius 3 is 2.90 bits per heavy atom. The molecule has 0 radical (unpaired) electrons. The molecule has 2 aromatic rings. The number of nitrogens with zero attached hydrogens (tertiary/aromatic N) is 2. The van der Waals surface area contributed by atoms with Gasteiger partial charge in [-0.3, -0.25) is 0 Å². The van der Waals surface area contributed by atoms with Crippen molar-refractivity contribution in [2.45, 2.75) is 16.3 Å². The number of hydrogen-bond donors (Lipinski definition) is 2. The number of nitrogens with two attached hydrogens (primary N) is 2. The number of anilines is 2. The quantitative estimate of drug-likeness (QED) is 0.710. The maximum atomic E-state index is 9.10. The summed E-state index contributed by atoms with van der Waals surface area (Å²) in [5, 5.41) is 9.88. The summed E-state index contributed by atoms with van der Waals surface area (Å²) in [6.07, 6.45) is 0.628. The standard InChI is InChI=1S/C14H12N4OS/c1-19-8-2-3-11-7(4-8)5-9-12(16)10(6-15)13(17)18-14(9)20-11/h2-4H,5H2,1H3,(H4,16,17,18). The fraction of sp³-hybridized carbons (Fsp3) is 0.143. The van der Waals surface area contributed by atoms with Crippen LogP contribution in [0.25, 0.3) is 0 Å². The third-order valence-electron chi connectivity index (χ3n) is 3.28. The lowest BCUT2D eigenvalue weighted by Gasteiger charge is -2.21. The minimum atomic E-state index is 0.188. The molecule has 100 valence electrons. The molecule has 1 aromatic heterocycles. The van der Waals surface area contributed by atoms with Crippen LogP contribution >= 0.6 is 11.8 Å². The zero-order valence-corrected chi connectivity index (χ0v) is 11.6. The molecule has 0 unspecified atom stereocenters. The van der Waals surface area contributed by atoms with Gasteiger partial charge in [0.2, 0.25) is 0 Å². The molecule has 6 heteroatoms. The van der Waals surface area contributed by atoms with Gasteiger partial charge in [-0.1, -0.05) is 11.8 Å². The molecule has 0 fully saturated rings. The van der Waals surface area contributed by atoms with Crippen molar-refractivity contribution in [3.05, 3.63) is 34.9 Å². The molecular weight excluding hydrogens is 272 g/mol. The van der Waals surface area contributed by atoms with Gasteiger partial charge in [0.15, 0.2) is 0 Å². The molecular formula is C14H12N4OS. The van der Waals surface area contributed by atoms with Crippen LogP contribution in [0.3, 0.4) is 0 Å². The van der Waals surface area contributed by atoms with E-state index in [4.69, 9.17) is 21.5 Å². The second kappa shape index (κ2) is 4.62. The minimum Gasteiger partial charge on any atom is -0.497 e. The normalized spacial score (nSPS) is 12.2. The maximum Gasteiger partial charge on any atom is 0.144 e. The van der Waals surface area contributed by atoms with Crippen molar-refractivity contribution in [1.82, 2.24) is 4.98 Å². The summed E-state index contributed by atoms with van der Waals surface area (Å²) in [5.74, 6) is 0.989. The van der Waals surface area contributed by atoms with E-state index in [2.05, 4.69) is 4.98 Å². The Bertz CT molecular complexity index is 752. The number of pyridine rings is 1. The third kappa shape index (κ3) is 1.84. The molecule has 1 aliphatic heterocycles. The predicted octanol–water partition coefficient (Wildman–Crippen LogP) is 2.18. The predicted molar refractivity (Wildman–Crippen MR) is 77.7 cm³/mol. The second-order valence-electron chi connectivity index (χ2n) is 4.43. The Labute approximate surface area is 120 Å². The van der Waals surface area contributed by atoms with Crippen LogP contribution in [0, 0.1) is 11.3 Å². The van der Waals surface area contributed by atoms with Crippen molar-refractivity contribution in [1.29, 1.82) is 5.26 Å². The van der Waals surface area contributed by atoms with Gasteiger partial charge in [0.05, 0.1) is 12.8 Å². The summed E-state index contributed by atoms with van der Waals surface area (Å²) in [5.41, 5.74) is 14.5. The highest BCUT2D eigenvalue weighted by atomic mass is 32.2. The number of aromatic nitrogens is 1. The molecule has 0 spiro atoms. The summed E-state index contributed by atoms with van der Waals surface area (Å²) >= 11 is 1.51. The van der Waals surface area contributed by atoms with Gasteiger partial charge in [-0.2, -0.15) is 5.26 Å². The Morgan fingerprint density at radius 1 is 1.40 bits per heavy atom. The highest BCUT2D eigenvalue weighted by molar-refractivity contribution is 7.99. The van der Waals surface area contributed by atoms with Crippen molar-refractivity contribution in [3.8, 4) is 11.8 Å².